The van der Waals surface area contributed by atoms with Crippen molar-refractivity contribution in [2.24, 2.45) is 5.92 Å². The predicted molar refractivity (Wildman–Crippen MR) is 50.7 cm³/mol. The summed E-state index contributed by atoms with van der Waals surface area (Å²) >= 11 is 0. The molecule has 1 heteroatoms. The highest BCUT2D eigenvalue weighted by Gasteiger charge is 1.85. The third-order valence-electron chi connectivity index (χ3n) is 1.28. The van der Waals surface area contributed by atoms with Gasteiger partial charge in [0.2, 0.25) is 0 Å². The van der Waals surface area contributed by atoms with E-state index in [1.54, 1.807) is 0 Å². The molecule has 1 nitrogen and oxygen atoms in total. The lowest BCUT2D eigenvalue weighted by atomic mass is 10.1. The summed E-state index contributed by atoms with van der Waals surface area (Å²) in [5, 5.41) is 0. The Morgan fingerprint density at radius 2 is 1.91 bits per heavy atom. The first-order valence-electron chi connectivity index (χ1n) is 4.17. The van der Waals surface area contributed by atoms with Crippen LogP contribution >= 0.6 is 0 Å². The minimum absolute atomic E-state index is 0.746. The molecular formula is C10H19N. The van der Waals surface area contributed by atoms with Crippen LogP contribution in [0.4, 0.5) is 0 Å². The molecule has 0 heterocycles. The zero-order valence-corrected chi connectivity index (χ0v) is 8.09. The maximum atomic E-state index is 3.16. The third-order valence-corrected chi connectivity index (χ3v) is 1.28. The Morgan fingerprint density at radius 1 is 1.27 bits per heavy atom. The average Bonchev–Trinajstić information content (AvgIpc) is 1.85. The van der Waals surface area contributed by atoms with Crippen molar-refractivity contribution in [1.82, 2.24) is 4.90 Å². The molecule has 0 aromatic rings. The van der Waals surface area contributed by atoms with Crippen LogP contribution in [0.2, 0.25) is 0 Å². The maximum absolute atomic E-state index is 3.16. The largest absolute Gasteiger partial charge is 0.305 e. The molecule has 0 amide bonds. The Labute approximate surface area is 70.4 Å². The van der Waals surface area contributed by atoms with Crippen LogP contribution in [0, 0.1) is 5.92 Å². The minimum Gasteiger partial charge on any atom is -0.305 e. The molecule has 64 valence electrons. The highest BCUT2D eigenvalue weighted by Crippen LogP contribution is 1.98. The second-order valence-corrected chi connectivity index (χ2v) is 3.47. The summed E-state index contributed by atoms with van der Waals surface area (Å²) in [6.45, 7) is 5.41. The monoisotopic (exact) mass is 153 g/mol. The number of likely N-dealkylation sites (N-methyl/N-ethyl adjacent to an activating group) is 1. The molecule has 11 heavy (non-hydrogen) atoms. The Hall–Kier alpha value is -0.520. The van der Waals surface area contributed by atoms with Crippen LogP contribution in [0.5, 0.6) is 0 Å². The Kier molecular flexibility index (Phi) is 5.91. The quantitative estimate of drug-likeness (QED) is 0.560. The molecule has 0 aromatic heterocycles. The molecule has 0 spiro atoms. The van der Waals surface area contributed by atoms with Gasteiger partial charge in [-0.2, -0.15) is 0 Å². The lowest BCUT2D eigenvalue weighted by Gasteiger charge is -2.01. The molecule has 0 saturated carbocycles. The van der Waals surface area contributed by atoms with Crippen molar-refractivity contribution < 1.29 is 0 Å². The van der Waals surface area contributed by atoms with Gasteiger partial charge in [0.15, 0.2) is 0 Å². The van der Waals surface area contributed by atoms with Crippen LogP contribution in [-0.4, -0.2) is 25.5 Å². The van der Waals surface area contributed by atoms with Crippen LogP contribution in [0.1, 0.15) is 20.3 Å². The fourth-order valence-corrected chi connectivity index (χ4v) is 0.622. The fraction of sp³-hybridized carbons (Fsp3) is 0.700. The van der Waals surface area contributed by atoms with E-state index >= 15 is 0 Å². The standard InChI is InChI=1S/C10H19N/c1-10(2)8-6-5-7-9-11(3)4/h6-7,10H,8-9H2,1-4H3. The molecule has 0 bridgehead atoms. The van der Waals surface area contributed by atoms with Gasteiger partial charge in [0.05, 0.1) is 0 Å². The van der Waals surface area contributed by atoms with Crippen molar-refractivity contribution in [2.75, 3.05) is 20.6 Å². The van der Waals surface area contributed by atoms with E-state index in [1.807, 2.05) is 0 Å². The summed E-state index contributed by atoms with van der Waals surface area (Å²) < 4.78 is 0. The van der Waals surface area contributed by atoms with E-state index in [9.17, 15) is 0 Å². The normalized spacial score (nSPS) is 10.0. The molecule has 0 fully saturated rings. The molecule has 0 aliphatic heterocycles. The van der Waals surface area contributed by atoms with Gasteiger partial charge in [-0.15, -0.1) is 5.73 Å². The molecule has 0 rings (SSSR count). The number of rotatable bonds is 4. The topological polar surface area (TPSA) is 3.24 Å². The van der Waals surface area contributed by atoms with E-state index in [2.05, 4.69) is 50.7 Å². The maximum Gasteiger partial charge on any atom is 0.0232 e. The molecule has 0 radical (unpaired) electrons. The van der Waals surface area contributed by atoms with Gasteiger partial charge in [0, 0.05) is 6.54 Å². The predicted octanol–water partition coefficient (Wildman–Crippen LogP) is 2.31. The lowest BCUT2D eigenvalue weighted by Crippen LogP contribution is -2.09. The second kappa shape index (κ2) is 6.21. The van der Waals surface area contributed by atoms with Gasteiger partial charge < -0.3 is 4.90 Å². The van der Waals surface area contributed by atoms with Crippen LogP contribution < -0.4 is 0 Å². The molecule has 0 saturated heterocycles. The van der Waals surface area contributed by atoms with Gasteiger partial charge >= 0.3 is 0 Å². The van der Waals surface area contributed by atoms with Crippen molar-refractivity contribution >= 4 is 0 Å². The van der Waals surface area contributed by atoms with Crippen LogP contribution in [0.25, 0.3) is 0 Å². The average molecular weight is 153 g/mol. The summed E-state index contributed by atoms with van der Waals surface area (Å²) in [5.41, 5.74) is 3.16. The first kappa shape index (κ1) is 10.5. The van der Waals surface area contributed by atoms with Gasteiger partial charge in [0.25, 0.3) is 0 Å². The molecule has 0 aliphatic rings. The van der Waals surface area contributed by atoms with Crippen LogP contribution in [0.15, 0.2) is 17.9 Å². The fourth-order valence-electron chi connectivity index (χ4n) is 0.622. The van der Waals surface area contributed by atoms with E-state index in [4.69, 9.17) is 0 Å². The smallest absolute Gasteiger partial charge is 0.0232 e. The summed E-state index contributed by atoms with van der Waals surface area (Å²) in [6.07, 6.45) is 5.29. The SMILES string of the molecule is CC(C)CC=C=CCN(C)C. The van der Waals surface area contributed by atoms with E-state index in [0.29, 0.717) is 0 Å². The van der Waals surface area contributed by atoms with Gasteiger partial charge in [-0.25, -0.2) is 0 Å². The lowest BCUT2D eigenvalue weighted by molar-refractivity contribution is 0.456. The highest BCUT2D eigenvalue weighted by atomic mass is 15.0. The molecule has 0 unspecified atom stereocenters. The van der Waals surface area contributed by atoms with E-state index < -0.39 is 0 Å². The second-order valence-electron chi connectivity index (χ2n) is 3.47. The molecular weight excluding hydrogens is 134 g/mol. The Bertz CT molecular complexity index is 125. The van der Waals surface area contributed by atoms with Crippen molar-refractivity contribution in [1.29, 1.82) is 0 Å². The van der Waals surface area contributed by atoms with Crippen molar-refractivity contribution in [3.05, 3.63) is 17.9 Å². The number of hydrogen-bond acceptors (Lipinski definition) is 1. The summed E-state index contributed by atoms with van der Waals surface area (Å²) in [4.78, 5) is 2.12. The van der Waals surface area contributed by atoms with Crippen molar-refractivity contribution in [3.63, 3.8) is 0 Å². The zero-order valence-electron chi connectivity index (χ0n) is 8.09. The van der Waals surface area contributed by atoms with Gasteiger partial charge in [0.1, 0.15) is 0 Å². The van der Waals surface area contributed by atoms with E-state index in [-0.39, 0.29) is 0 Å². The highest BCUT2D eigenvalue weighted by molar-refractivity contribution is 4.86. The Balaban J connectivity index is 3.47. The van der Waals surface area contributed by atoms with Gasteiger partial charge in [-0.05, 0) is 38.6 Å². The summed E-state index contributed by atoms with van der Waals surface area (Å²) in [6, 6.07) is 0. The molecule has 0 N–H and O–H groups in total. The van der Waals surface area contributed by atoms with Gasteiger partial charge in [-0.3, -0.25) is 0 Å². The first-order chi connectivity index (χ1) is 5.13. The Morgan fingerprint density at radius 3 is 2.36 bits per heavy atom. The molecule has 0 atom stereocenters. The summed E-state index contributed by atoms with van der Waals surface area (Å²) in [5.74, 6) is 0.746. The van der Waals surface area contributed by atoms with Crippen molar-refractivity contribution in [3.8, 4) is 0 Å². The van der Waals surface area contributed by atoms with E-state index in [0.717, 1.165) is 18.9 Å². The zero-order chi connectivity index (χ0) is 8.69. The number of nitrogens with zero attached hydrogens (tertiary/aromatic N) is 1. The van der Waals surface area contributed by atoms with Crippen molar-refractivity contribution in [2.45, 2.75) is 20.3 Å². The molecule has 0 aliphatic carbocycles. The van der Waals surface area contributed by atoms with Gasteiger partial charge in [-0.1, -0.05) is 13.8 Å². The van der Waals surface area contributed by atoms with E-state index in [1.165, 1.54) is 0 Å². The van der Waals surface area contributed by atoms with Crippen LogP contribution in [0.3, 0.4) is 0 Å². The third kappa shape index (κ3) is 9.48. The minimum atomic E-state index is 0.746. The van der Waals surface area contributed by atoms with Crippen LogP contribution in [-0.2, 0) is 0 Å². The number of hydrogen-bond donors (Lipinski definition) is 0. The molecule has 0 aromatic carbocycles. The first-order valence-corrected chi connectivity index (χ1v) is 4.17. The summed E-state index contributed by atoms with van der Waals surface area (Å²) in [7, 11) is 4.11.